The standard InChI is InChI=1S/C31H34O2P2/c1-31(2,23-34(25-15-7-5-8-16-25)29-21-13-11-19-27(29)32-3)24-35(26-17-9-6-10-18-26)30-22-14-12-20-28(30)33-4/h5-22H,23-24H2,1-4H3. The number of para-hydroxylation sites is 2. The van der Waals surface area contributed by atoms with Crippen molar-refractivity contribution in [1.82, 2.24) is 0 Å². The highest BCUT2D eigenvalue weighted by Crippen LogP contribution is 2.49. The van der Waals surface area contributed by atoms with Crippen LogP contribution in [0.25, 0.3) is 0 Å². The van der Waals surface area contributed by atoms with E-state index in [0.29, 0.717) is 0 Å². The minimum Gasteiger partial charge on any atom is -0.496 e. The minimum atomic E-state index is -0.591. The van der Waals surface area contributed by atoms with Crippen molar-refractivity contribution in [1.29, 1.82) is 0 Å². The van der Waals surface area contributed by atoms with Gasteiger partial charge in [0.1, 0.15) is 11.5 Å². The van der Waals surface area contributed by atoms with E-state index in [4.69, 9.17) is 9.47 Å². The fourth-order valence-electron chi connectivity index (χ4n) is 4.46. The average molecular weight is 501 g/mol. The van der Waals surface area contributed by atoms with Crippen molar-refractivity contribution in [2.45, 2.75) is 13.8 Å². The maximum atomic E-state index is 5.82. The van der Waals surface area contributed by atoms with E-state index in [1.54, 1.807) is 14.2 Å². The molecule has 4 rings (SSSR count). The SMILES string of the molecule is COc1ccccc1P(CC(C)(C)CP(c1ccccc1)c1ccccc1OC)c1ccccc1. The van der Waals surface area contributed by atoms with Crippen LogP contribution in [0, 0.1) is 5.41 Å². The van der Waals surface area contributed by atoms with E-state index in [1.807, 2.05) is 0 Å². The average Bonchev–Trinajstić information content (AvgIpc) is 2.91. The Hall–Kier alpha value is -2.66. The monoisotopic (exact) mass is 500 g/mol. The van der Waals surface area contributed by atoms with E-state index in [2.05, 4.69) is 123 Å². The lowest BCUT2D eigenvalue weighted by Crippen LogP contribution is -2.30. The maximum absolute atomic E-state index is 5.82. The highest BCUT2D eigenvalue weighted by Gasteiger charge is 2.31. The summed E-state index contributed by atoms with van der Waals surface area (Å²) in [6.07, 6.45) is 2.15. The van der Waals surface area contributed by atoms with Gasteiger partial charge in [-0.2, -0.15) is 0 Å². The van der Waals surface area contributed by atoms with Crippen molar-refractivity contribution < 1.29 is 9.47 Å². The number of hydrogen-bond donors (Lipinski definition) is 0. The number of hydrogen-bond acceptors (Lipinski definition) is 2. The molecule has 0 spiro atoms. The van der Waals surface area contributed by atoms with Gasteiger partial charge in [-0.15, -0.1) is 0 Å². The van der Waals surface area contributed by atoms with Crippen LogP contribution in [0.15, 0.2) is 109 Å². The zero-order valence-electron chi connectivity index (χ0n) is 21.0. The van der Waals surface area contributed by atoms with Crippen molar-refractivity contribution in [2.75, 3.05) is 26.5 Å². The summed E-state index contributed by atoms with van der Waals surface area (Å²) in [5, 5.41) is 5.40. The Morgan fingerprint density at radius 3 is 1.23 bits per heavy atom. The second kappa shape index (κ2) is 11.9. The molecule has 0 bridgehead atoms. The first kappa shape index (κ1) is 25.4. The lowest BCUT2D eigenvalue weighted by atomic mass is 10.00. The van der Waals surface area contributed by atoms with Crippen molar-refractivity contribution in [2.24, 2.45) is 5.41 Å². The molecule has 0 saturated heterocycles. The van der Waals surface area contributed by atoms with E-state index in [1.165, 1.54) is 21.2 Å². The third-order valence-corrected chi connectivity index (χ3v) is 12.1. The molecule has 2 unspecified atom stereocenters. The van der Waals surface area contributed by atoms with Crippen LogP contribution < -0.4 is 30.7 Å². The van der Waals surface area contributed by atoms with Gasteiger partial charge in [0.15, 0.2) is 0 Å². The Labute approximate surface area is 212 Å². The Morgan fingerprint density at radius 1 is 0.514 bits per heavy atom. The van der Waals surface area contributed by atoms with Crippen LogP contribution in [0.2, 0.25) is 0 Å². The Bertz CT molecular complexity index is 1110. The highest BCUT2D eigenvalue weighted by molar-refractivity contribution is 7.74. The summed E-state index contributed by atoms with van der Waals surface area (Å²) in [7, 11) is 2.37. The van der Waals surface area contributed by atoms with Gasteiger partial charge in [-0.05, 0) is 56.3 Å². The van der Waals surface area contributed by atoms with Crippen LogP contribution in [-0.4, -0.2) is 26.5 Å². The van der Waals surface area contributed by atoms with Gasteiger partial charge in [-0.1, -0.05) is 111 Å². The van der Waals surface area contributed by atoms with Crippen LogP contribution in [0.3, 0.4) is 0 Å². The normalized spacial score (nSPS) is 13.1. The molecule has 0 aliphatic heterocycles. The zero-order chi connectivity index (χ0) is 24.7. The lowest BCUT2D eigenvalue weighted by Gasteiger charge is -2.35. The summed E-state index contributed by atoms with van der Waals surface area (Å²) in [5.41, 5.74) is 0.0881. The van der Waals surface area contributed by atoms with Crippen molar-refractivity contribution in [3.63, 3.8) is 0 Å². The first-order valence-corrected chi connectivity index (χ1v) is 15.0. The van der Waals surface area contributed by atoms with Gasteiger partial charge < -0.3 is 9.47 Å². The maximum Gasteiger partial charge on any atom is 0.126 e. The molecule has 0 fully saturated rings. The van der Waals surface area contributed by atoms with Crippen LogP contribution in [0.1, 0.15) is 13.8 Å². The van der Waals surface area contributed by atoms with Crippen LogP contribution in [-0.2, 0) is 0 Å². The Kier molecular flexibility index (Phi) is 8.61. The number of methoxy groups -OCH3 is 2. The van der Waals surface area contributed by atoms with Crippen LogP contribution in [0.4, 0.5) is 0 Å². The Morgan fingerprint density at radius 2 is 0.857 bits per heavy atom. The first-order chi connectivity index (χ1) is 17.0. The van der Waals surface area contributed by atoms with Crippen LogP contribution in [0.5, 0.6) is 11.5 Å². The number of rotatable bonds is 10. The summed E-state index contributed by atoms with van der Waals surface area (Å²) in [5.74, 6) is 1.96. The van der Waals surface area contributed by atoms with Crippen molar-refractivity contribution in [3.8, 4) is 11.5 Å². The molecule has 0 aromatic heterocycles. The van der Waals surface area contributed by atoms with E-state index in [0.717, 1.165) is 23.8 Å². The molecule has 4 aromatic carbocycles. The highest BCUT2D eigenvalue weighted by atomic mass is 31.1. The van der Waals surface area contributed by atoms with Gasteiger partial charge in [-0.25, -0.2) is 0 Å². The van der Waals surface area contributed by atoms with Gasteiger partial charge in [0.05, 0.1) is 14.2 Å². The van der Waals surface area contributed by atoms with Crippen molar-refractivity contribution >= 4 is 37.1 Å². The number of ether oxygens (including phenoxy) is 2. The third-order valence-electron chi connectivity index (χ3n) is 6.06. The fraction of sp³-hybridized carbons (Fsp3) is 0.226. The van der Waals surface area contributed by atoms with Gasteiger partial charge in [0.25, 0.3) is 0 Å². The fourth-order valence-corrected chi connectivity index (χ4v) is 10.3. The molecule has 0 radical (unpaired) electrons. The summed E-state index contributed by atoms with van der Waals surface area (Å²) < 4.78 is 11.6. The first-order valence-electron chi connectivity index (χ1n) is 11.9. The predicted octanol–water partition coefficient (Wildman–Crippen LogP) is 6.30. The molecule has 0 heterocycles. The topological polar surface area (TPSA) is 18.5 Å². The summed E-state index contributed by atoms with van der Waals surface area (Å²) in [6.45, 7) is 4.85. The molecule has 0 aliphatic carbocycles. The van der Waals surface area contributed by atoms with E-state index in [9.17, 15) is 0 Å². The molecule has 2 atom stereocenters. The predicted molar refractivity (Wildman–Crippen MR) is 155 cm³/mol. The molecule has 0 N–H and O–H groups in total. The summed E-state index contributed by atoms with van der Waals surface area (Å²) in [4.78, 5) is 0. The zero-order valence-corrected chi connectivity index (χ0v) is 22.8. The quantitative estimate of drug-likeness (QED) is 0.238. The second-order valence-corrected chi connectivity index (χ2v) is 13.7. The van der Waals surface area contributed by atoms with Crippen LogP contribution >= 0.6 is 15.8 Å². The number of benzene rings is 4. The van der Waals surface area contributed by atoms with E-state index in [-0.39, 0.29) is 5.41 Å². The van der Waals surface area contributed by atoms with E-state index < -0.39 is 15.8 Å². The molecule has 4 heteroatoms. The minimum absolute atomic E-state index is 0.0881. The van der Waals surface area contributed by atoms with Gasteiger partial charge in [0, 0.05) is 10.6 Å². The van der Waals surface area contributed by atoms with Gasteiger partial charge >= 0.3 is 0 Å². The van der Waals surface area contributed by atoms with Gasteiger partial charge in [-0.3, -0.25) is 0 Å². The molecular weight excluding hydrogens is 466 g/mol. The Balaban J connectivity index is 1.72. The second-order valence-electron chi connectivity index (χ2n) is 9.35. The summed E-state index contributed by atoms with van der Waals surface area (Å²) >= 11 is 0. The molecule has 0 aliphatic rings. The third kappa shape index (κ3) is 6.32. The molecule has 0 amide bonds. The molecule has 0 saturated carbocycles. The van der Waals surface area contributed by atoms with Crippen molar-refractivity contribution in [3.05, 3.63) is 109 Å². The molecular formula is C31H34O2P2. The molecule has 4 aromatic rings. The van der Waals surface area contributed by atoms with E-state index >= 15 is 0 Å². The summed E-state index contributed by atoms with van der Waals surface area (Å²) in [6, 6.07) is 38.9. The largest absolute Gasteiger partial charge is 0.496 e. The van der Waals surface area contributed by atoms with Gasteiger partial charge in [0.2, 0.25) is 0 Å². The molecule has 35 heavy (non-hydrogen) atoms. The smallest absolute Gasteiger partial charge is 0.126 e. The molecule has 2 nitrogen and oxygen atoms in total. The lowest BCUT2D eigenvalue weighted by molar-refractivity contribution is 0.418. The molecule has 180 valence electrons.